The van der Waals surface area contributed by atoms with E-state index in [-0.39, 0.29) is 4.90 Å². The number of tetrazole rings is 1. The van der Waals surface area contributed by atoms with Crippen LogP contribution in [0.15, 0.2) is 47.4 Å². The smallest absolute Gasteiger partial charge is 0.239 e. The van der Waals surface area contributed by atoms with E-state index in [9.17, 15) is 13.2 Å². The summed E-state index contributed by atoms with van der Waals surface area (Å²) in [5.74, 6) is -0.734. The molecule has 3 aromatic rings. The number of nitrogens with one attached hydrogen (secondary N) is 1. The van der Waals surface area contributed by atoms with Gasteiger partial charge in [-0.15, -0.1) is 5.10 Å². The fourth-order valence-electron chi connectivity index (χ4n) is 2.46. The number of rotatable bonds is 5. The Hall–Kier alpha value is -2.78. The molecule has 2 aromatic carbocycles. The lowest BCUT2D eigenvalue weighted by Gasteiger charge is -2.11. The Labute approximate surface area is 161 Å². The molecule has 140 valence electrons. The molecule has 27 heavy (non-hydrogen) atoms. The zero-order valence-electron chi connectivity index (χ0n) is 14.5. The van der Waals surface area contributed by atoms with Gasteiger partial charge in [0.25, 0.3) is 0 Å². The first-order valence-electron chi connectivity index (χ1n) is 7.90. The predicted octanol–water partition coefficient (Wildman–Crippen LogP) is 2.34. The molecule has 8 nitrogen and oxygen atoms in total. The first-order valence-corrected chi connectivity index (χ1v) is 9.93. The minimum Gasteiger partial charge on any atom is -0.325 e. The predicted molar refractivity (Wildman–Crippen MR) is 101 cm³/mol. The monoisotopic (exact) mass is 405 g/mol. The molecule has 1 aromatic heterocycles. The third-order valence-corrected chi connectivity index (χ3v) is 5.72. The summed E-state index contributed by atoms with van der Waals surface area (Å²) >= 11 is 5.77. The van der Waals surface area contributed by atoms with Crippen LogP contribution in [0, 0.1) is 13.8 Å². The summed E-state index contributed by atoms with van der Waals surface area (Å²) in [7, 11) is -3.77. The molecule has 10 heteroatoms. The van der Waals surface area contributed by atoms with Crippen molar-refractivity contribution in [2.75, 3.05) is 11.1 Å². The number of hydrogen-bond acceptors (Lipinski definition) is 6. The van der Waals surface area contributed by atoms with Crippen molar-refractivity contribution in [1.29, 1.82) is 0 Å². The van der Waals surface area contributed by atoms with Crippen LogP contribution >= 0.6 is 11.6 Å². The highest BCUT2D eigenvalue weighted by Gasteiger charge is 2.20. The van der Waals surface area contributed by atoms with Gasteiger partial charge >= 0.3 is 0 Å². The zero-order chi connectivity index (χ0) is 19.6. The van der Waals surface area contributed by atoms with Crippen molar-refractivity contribution in [3.63, 3.8) is 0 Å². The third kappa shape index (κ3) is 4.32. The summed E-state index contributed by atoms with van der Waals surface area (Å²) in [4.78, 5) is 12.3. The van der Waals surface area contributed by atoms with Crippen molar-refractivity contribution in [3.05, 3.63) is 58.9 Å². The number of aryl methyl sites for hydroxylation is 2. The summed E-state index contributed by atoms with van der Waals surface area (Å²) in [5.41, 5.74) is 2.04. The van der Waals surface area contributed by atoms with E-state index < -0.39 is 21.5 Å². The Morgan fingerprint density at radius 3 is 2.48 bits per heavy atom. The second-order valence-electron chi connectivity index (χ2n) is 5.90. The van der Waals surface area contributed by atoms with Gasteiger partial charge in [0, 0.05) is 10.7 Å². The molecule has 0 atom stereocenters. The van der Waals surface area contributed by atoms with Crippen molar-refractivity contribution in [3.8, 4) is 5.69 Å². The molecule has 0 aliphatic heterocycles. The van der Waals surface area contributed by atoms with E-state index in [1.54, 1.807) is 25.1 Å². The number of carbonyl (C=O) groups excluding carboxylic acids is 1. The summed E-state index contributed by atoms with van der Waals surface area (Å²) in [6.07, 6.45) is 0. The van der Waals surface area contributed by atoms with Gasteiger partial charge < -0.3 is 5.32 Å². The molecule has 0 saturated heterocycles. The molecule has 0 saturated carbocycles. The van der Waals surface area contributed by atoms with E-state index in [1.807, 2.05) is 6.92 Å². The van der Waals surface area contributed by atoms with E-state index in [0.717, 1.165) is 5.56 Å². The fourth-order valence-corrected chi connectivity index (χ4v) is 3.73. The average molecular weight is 406 g/mol. The van der Waals surface area contributed by atoms with Gasteiger partial charge in [0.1, 0.15) is 5.75 Å². The van der Waals surface area contributed by atoms with Crippen molar-refractivity contribution >= 4 is 33.0 Å². The molecule has 1 N–H and O–H groups in total. The maximum Gasteiger partial charge on any atom is 0.239 e. The fraction of sp³-hybridized carbons (Fsp3) is 0.176. The summed E-state index contributed by atoms with van der Waals surface area (Å²) in [6, 6.07) is 10.8. The topological polar surface area (TPSA) is 107 Å². The number of amides is 1. The second-order valence-corrected chi connectivity index (χ2v) is 8.33. The molecule has 0 unspecified atom stereocenters. The molecule has 1 heterocycles. The molecule has 3 rings (SSSR count). The molecular formula is C17H16ClN5O3S. The average Bonchev–Trinajstić information content (AvgIpc) is 3.02. The van der Waals surface area contributed by atoms with Gasteiger partial charge in [0.2, 0.25) is 5.91 Å². The number of halogens is 1. The Bertz CT molecular complexity index is 1090. The van der Waals surface area contributed by atoms with Crippen molar-refractivity contribution in [2.45, 2.75) is 18.7 Å². The minimum atomic E-state index is -3.77. The molecule has 0 bridgehead atoms. The van der Waals surface area contributed by atoms with E-state index in [2.05, 4.69) is 20.8 Å². The lowest BCUT2D eigenvalue weighted by Crippen LogP contribution is -2.23. The van der Waals surface area contributed by atoms with Crippen molar-refractivity contribution in [1.82, 2.24) is 20.2 Å². The molecule has 0 aliphatic rings. The molecule has 0 radical (unpaired) electrons. The number of carbonyl (C=O) groups is 1. The van der Waals surface area contributed by atoms with Crippen LogP contribution < -0.4 is 5.32 Å². The summed E-state index contributed by atoms with van der Waals surface area (Å²) in [6.45, 7) is 3.64. The summed E-state index contributed by atoms with van der Waals surface area (Å²) < 4.78 is 26.3. The van der Waals surface area contributed by atoms with E-state index in [4.69, 9.17) is 11.6 Å². The Morgan fingerprint density at radius 2 is 1.85 bits per heavy atom. The maximum absolute atomic E-state index is 12.4. The van der Waals surface area contributed by atoms with Gasteiger partial charge in [0.15, 0.2) is 15.7 Å². The van der Waals surface area contributed by atoms with Gasteiger partial charge in [-0.3, -0.25) is 4.79 Å². The highest BCUT2D eigenvalue weighted by Crippen LogP contribution is 2.20. The first kappa shape index (κ1) is 19.0. The molecule has 0 spiro atoms. The van der Waals surface area contributed by atoms with E-state index >= 15 is 0 Å². The van der Waals surface area contributed by atoms with Crippen LogP contribution in [-0.4, -0.2) is 40.3 Å². The van der Waals surface area contributed by atoms with Crippen molar-refractivity contribution < 1.29 is 13.2 Å². The van der Waals surface area contributed by atoms with Crippen LogP contribution in [0.5, 0.6) is 0 Å². The molecule has 0 fully saturated rings. The van der Waals surface area contributed by atoms with Crippen LogP contribution in [0.3, 0.4) is 0 Å². The van der Waals surface area contributed by atoms with E-state index in [1.165, 1.54) is 28.9 Å². The largest absolute Gasteiger partial charge is 0.325 e. The van der Waals surface area contributed by atoms with Crippen LogP contribution in [0.4, 0.5) is 5.69 Å². The number of sulfone groups is 1. The van der Waals surface area contributed by atoms with E-state index in [0.29, 0.717) is 22.2 Å². The van der Waals surface area contributed by atoms with Gasteiger partial charge in [-0.05, 0) is 66.2 Å². The van der Waals surface area contributed by atoms with Crippen LogP contribution in [0.1, 0.15) is 11.4 Å². The Kier molecular flexibility index (Phi) is 5.24. The zero-order valence-corrected chi connectivity index (χ0v) is 16.1. The van der Waals surface area contributed by atoms with Gasteiger partial charge in [-0.1, -0.05) is 17.7 Å². The van der Waals surface area contributed by atoms with Crippen LogP contribution in [0.2, 0.25) is 5.02 Å². The second kappa shape index (κ2) is 7.45. The summed E-state index contributed by atoms with van der Waals surface area (Å²) in [5, 5.41) is 14.4. The van der Waals surface area contributed by atoms with Gasteiger partial charge in [-0.25, -0.2) is 8.42 Å². The Balaban J connectivity index is 1.78. The number of benzene rings is 2. The third-order valence-electron chi connectivity index (χ3n) is 3.84. The standard InChI is InChI=1S/C17H16ClN5O3S/c1-11-3-6-14(9-16(11)23-12(2)20-21-22-23)19-17(24)10-27(25,26)15-7-4-13(18)5-8-15/h3-9H,10H2,1-2H3,(H,19,24). The van der Waals surface area contributed by atoms with Crippen LogP contribution in [-0.2, 0) is 14.6 Å². The van der Waals surface area contributed by atoms with Crippen molar-refractivity contribution in [2.24, 2.45) is 0 Å². The SMILES string of the molecule is Cc1ccc(NC(=O)CS(=O)(=O)c2ccc(Cl)cc2)cc1-n1nnnc1C. The minimum absolute atomic E-state index is 0.0379. The number of aromatic nitrogens is 4. The number of nitrogens with zero attached hydrogens (tertiary/aromatic N) is 4. The number of anilines is 1. The van der Waals surface area contributed by atoms with Gasteiger partial charge in [0.05, 0.1) is 10.6 Å². The molecule has 1 amide bonds. The highest BCUT2D eigenvalue weighted by molar-refractivity contribution is 7.92. The quantitative estimate of drug-likeness (QED) is 0.698. The normalized spacial score (nSPS) is 11.4. The maximum atomic E-state index is 12.4. The number of hydrogen-bond donors (Lipinski definition) is 1. The lowest BCUT2D eigenvalue weighted by molar-refractivity contribution is -0.113. The highest BCUT2D eigenvalue weighted by atomic mass is 35.5. The first-order chi connectivity index (χ1) is 12.8. The molecular weight excluding hydrogens is 390 g/mol. The lowest BCUT2D eigenvalue weighted by atomic mass is 10.2. The molecule has 0 aliphatic carbocycles. The van der Waals surface area contributed by atoms with Gasteiger partial charge in [-0.2, -0.15) is 4.68 Å². The van der Waals surface area contributed by atoms with Crippen LogP contribution in [0.25, 0.3) is 5.69 Å². The Morgan fingerprint density at radius 1 is 1.15 bits per heavy atom.